The molecule has 1 aromatic carbocycles. The third-order valence-electron chi connectivity index (χ3n) is 3.23. The number of nitrogens with one attached hydrogen (secondary N) is 1. The summed E-state index contributed by atoms with van der Waals surface area (Å²) in [4.78, 5) is 14.4. The lowest BCUT2D eigenvalue weighted by Gasteiger charge is -2.05. The highest BCUT2D eigenvalue weighted by molar-refractivity contribution is 6.54. The van der Waals surface area contributed by atoms with Gasteiger partial charge in [0, 0.05) is 23.4 Å². The first-order valence-electron chi connectivity index (χ1n) is 6.91. The molecule has 25 heavy (non-hydrogen) atoms. The Kier molecular flexibility index (Phi) is 5.49. The lowest BCUT2D eigenvalue weighted by atomic mass is 10.1. The fraction of sp³-hybridized carbons (Fsp3) is 0.0625. The summed E-state index contributed by atoms with van der Waals surface area (Å²) >= 11 is 23.2. The molecule has 0 aliphatic rings. The van der Waals surface area contributed by atoms with Crippen LogP contribution in [-0.2, 0) is 4.79 Å². The first-order chi connectivity index (χ1) is 12.0. The smallest absolute Gasteiger partial charge is 0.257 e. The van der Waals surface area contributed by atoms with Crippen LogP contribution in [0.25, 0.3) is 22.6 Å². The van der Waals surface area contributed by atoms with Gasteiger partial charge < -0.3 is 9.84 Å². The molecule has 0 spiro atoms. The SMILES string of the molecule is O=C(Nc1cncc(-c2cc(-c3cccc(Cl)c3Cl)no2)c1)C(Cl)Cl. The summed E-state index contributed by atoms with van der Waals surface area (Å²) in [7, 11) is 0. The second-order valence-electron chi connectivity index (χ2n) is 4.93. The highest BCUT2D eigenvalue weighted by Crippen LogP contribution is 2.34. The molecule has 0 radical (unpaired) electrons. The maximum Gasteiger partial charge on any atom is 0.257 e. The Bertz CT molecular complexity index is 927. The fourth-order valence-corrected chi connectivity index (χ4v) is 2.59. The van der Waals surface area contributed by atoms with Crippen LogP contribution in [0.5, 0.6) is 0 Å². The van der Waals surface area contributed by atoms with Crippen molar-refractivity contribution in [3.05, 3.63) is 52.8 Å². The first kappa shape index (κ1) is 18.0. The maximum atomic E-state index is 11.6. The minimum Gasteiger partial charge on any atom is -0.356 e. The first-order valence-corrected chi connectivity index (χ1v) is 8.54. The number of hydrogen-bond donors (Lipinski definition) is 1. The van der Waals surface area contributed by atoms with E-state index in [0.29, 0.717) is 38.3 Å². The van der Waals surface area contributed by atoms with Gasteiger partial charge >= 0.3 is 0 Å². The molecule has 9 heteroatoms. The van der Waals surface area contributed by atoms with Crippen LogP contribution in [0.4, 0.5) is 5.69 Å². The Balaban J connectivity index is 1.90. The van der Waals surface area contributed by atoms with Crippen LogP contribution in [0.15, 0.2) is 47.2 Å². The summed E-state index contributed by atoms with van der Waals surface area (Å²) in [5, 5.41) is 7.36. The number of pyridine rings is 1. The van der Waals surface area contributed by atoms with E-state index >= 15 is 0 Å². The summed E-state index contributed by atoms with van der Waals surface area (Å²) in [6.45, 7) is 0. The molecule has 0 aliphatic heterocycles. The Labute approximate surface area is 162 Å². The summed E-state index contributed by atoms with van der Waals surface area (Å²) in [5.74, 6) is -0.103. The molecule has 5 nitrogen and oxygen atoms in total. The zero-order valence-electron chi connectivity index (χ0n) is 12.3. The van der Waals surface area contributed by atoms with Crippen molar-refractivity contribution in [3.8, 4) is 22.6 Å². The molecule has 128 valence electrons. The highest BCUT2D eigenvalue weighted by atomic mass is 35.5. The molecule has 0 bridgehead atoms. The number of anilines is 1. The van der Waals surface area contributed by atoms with Crippen LogP contribution in [0.3, 0.4) is 0 Å². The second kappa shape index (κ2) is 7.62. The number of aromatic nitrogens is 2. The van der Waals surface area contributed by atoms with Crippen LogP contribution >= 0.6 is 46.4 Å². The largest absolute Gasteiger partial charge is 0.356 e. The van der Waals surface area contributed by atoms with Crippen molar-refractivity contribution < 1.29 is 9.32 Å². The van der Waals surface area contributed by atoms with E-state index in [0.717, 1.165) is 0 Å². The number of benzene rings is 1. The van der Waals surface area contributed by atoms with Gasteiger partial charge in [0.25, 0.3) is 5.91 Å². The van der Waals surface area contributed by atoms with Gasteiger partial charge in [-0.15, -0.1) is 0 Å². The van der Waals surface area contributed by atoms with Gasteiger partial charge in [-0.25, -0.2) is 0 Å². The van der Waals surface area contributed by atoms with E-state index in [1.165, 1.54) is 6.20 Å². The van der Waals surface area contributed by atoms with Crippen molar-refractivity contribution in [3.63, 3.8) is 0 Å². The summed E-state index contributed by atoms with van der Waals surface area (Å²) in [5.41, 5.74) is 2.20. The molecule has 0 saturated heterocycles. The fourth-order valence-electron chi connectivity index (χ4n) is 2.08. The summed E-state index contributed by atoms with van der Waals surface area (Å²) in [6, 6.07) is 8.60. The number of nitrogens with zero attached hydrogens (tertiary/aromatic N) is 2. The van der Waals surface area contributed by atoms with Gasteiger partial charge in [0.15, 0.2) is 10.6 Å². The van der Waals surface area contributed by atoms with Gasteiger partial charge in [-0.3, -0.25) is 9.78 Å². The molecule has 0 aliphatic carbocycles. The monoisotopic (exact) mass is 415 g/mol. The molecule has 0 atom stereocenters. The van der Waals surface area contributed by atoms with Crippen molar-refractivity contribution in [1.29, 1.82) is 0 Å². The van der Waals surface area contributed by atoms with E-state index in [1.54, 1.807) is 36.5 Å². The second-order valence-corrected chi connectivity index (χ2v) is 6.81. The lowest BCUT2D eigenvalue weighted by Crippen LogP contribution is -2.18. The highest BCUT2D eigenvalue weighted by Gasteiger charge is 2.15. The Morgan fingerprint density at radius 1 is 1.16 bits per heavy atom. The molecule has 3 rings (SSSR count). The summed E-state index contributed by atoms with van der Waals surface area (Å²) < 4.78 is 5.35. The molecule has 2 heterocycles. The van der Waals surface area contributed by atoms with Crippen LogP contribution < -0.4 is 5.32 Å². The normalized spacial score (nSPS) is 10.9. The average Bonchev–Trinajstić information content (AvgIpc) is 3.07. The minimum absolute atomic E-state index is 0.387. The molecule has 0 saturated carbocycles. The standard InChI is InChI=1S/C16H9Cl4N3O2/c17-11-3-1-2-10(14(11)18)12-5-13(25-23-12)8-4-9(7-21-6-8)22-16(24)15(19)20/h1-7,15H,(H,22,24). The molecule has 0 unspecified atom stereocenters. The Morgan fingerprint density at radius 3 is 2.72 bits per heavy atom. The number of carbonyl (C=O) groups is 1. The van der Waals surface area contributed by atoms with Crippen LogP contribution in [0.2, 0.25) is 10.0 Å². The van der Waals surface area contributed by atoms with Gasteiger partial charge in [0.2, 0.25) is 0 Å². The predicted octanol–water partition coefficient (Wildman–Crippen LogP) is 5.45. The number of halogens is 4. The van der Waals surface area contributed by atoms with Crippen molar-refractivity contribution in [2.24, 2.45) is 0 Å². The Morgan fingerprint density at radius 2 is 1.96 bits per heavy atom. The van der Waals surface area contributed by atoms with E-state index in [9.17, 15) is 4.79 Å². The third kappa shape index (κ3) is 4.07. The number of amides is 1. The molecule has 0 fully saturated rings. The molecular weight excluding hydrogens is 408 g/mol. The van der Waals surface area contributed by atoms with E-state index < -0.39 is 10.7 Å². The predicted molar refractivity (Wildman–Crippen MR) is 99.3 cm³/mol. The number of alkyl halides is 2. The third-order valence-corrected chi connectivity index (χ3v) is 4.44. The maximum absolute atomic E-state index is 11.6. The van der Waals surface area contributed by atoms with E-state index in [-0.39, 0.29) is 0 Å². The average molecular weight is 417 g/mol. The van der Waals surface area contributed by atoms with Crippen molar-refractivity contribution in [2.75, 3.05) is 5.32 Å². The van der Waals surface area contributed by atoms with Gasteiger partial charge in [-0.05, 0) is 12.1 Å². The topological polar surface area (TPSA) is 68.0 Å². The Hall–Kier alpha value is -1.79. The van der Waals surface area contributed by atoms with Crippen molar-refractivity contribution >= 4 is 58.0 Å². The molecule has 1 amide bonds. The molecule has 2 aromatic heterocycles. The molecule has 3 aromatic rings. The summed E-state index contributed by atoms with van der Waals surface area (Å²) in [6.07, 6.45) is 3.03. The molecule has 1 N–H and O–H groups in total. The number of carbonyl (C=O) groups excluding carboxylic acids is 1. The number of hydrogen-bond acceptors (Lipinski definition) is 4. The van der Waals surface area contributed by atoms with Crippen LogP contribution in [0, 0.1) is 0 Å². The van der Waals surface area contributed by atoms with E-state index in [4.69, 9.17) is 50.9 Å². The van der Waals surface area contributed by atoms with Crippen LogP contribution in [0.1, 0.15) is 0 Å². The van der Waals surface area contributed by atoms with Crippen molar-refractivity contribution in [2.45, 2.75) is 4.84 Å². The van der Waals surface area contributed by atoms with Gasteiger partial charge in [-0.1, -0.05) is 63.7 Å². The quantitative estimate of drug-likeness (QED) is 0.574. The van der Waals surface area contributed by atoms with Crippen LogP contribution in [-0.4, -0.2) is 20.9 Å². The van der Waals surface area contributed by atoms with E-state index in [2.05, 4.69) is 15.5 Å². The zero-order valence-corrected chi connectivity index (χ0v) is 15.4. The number of rotatable bonds is 4. The van der Waals surface area contributed by atoms with Gasteiger partial charge in [-0.2, -0.15) is 0 Å². The van der Waals surface area contributed by atoms with Crippen molar-refractivity contribution in [1.82, 2.24) is 10.1 Å². The lowest BCUT2D eigenvalue weighted by molar-refractivity contribution is -0.114. The minimum atomic E-state index is -1.18. The van der Waals surface area contributed by atoms with Gasteiger partial charge in [0.05, 0.1) is 21.9 Å². The zero-order chi connectivity index (χ0) is 18.0. The molecular formula is C16H9Cl4N3O2. The van der Waals surface area contributed by atoms with Gasteiger partial charge in [0.1, 0.15) is 5.69 Å². The van der Waals surface area contributed by atoms with E-state index in [1.807, 2.05) is 0 Å².